The van der Waals surface area contributed by atoms with Crippen molar-refractivity contribution in [3.05, 3.63) is 23.8 Å². The van der Waals surface area contributed by atoms with Crippen LogP contribution < -0.4 is 5.73 Å². The first-order valence-corrected chi connectivity index (χ1v) is 6.03. The van der Waals surface area contributed by atoms with Crippen molar-refractivity contribution < 1.29 is 21.6 Å². The summed E-state index contributed by atoms with van der Waals surface area (Å²) in [6, 6.07) is 2.22. The third kappa shape index (κ3) is 2.46. The first-order valence-electron chi connectivity index (χ1n) is 4.38. The summed E-state index contributed by atoms with van der Waals surface area (Å²) in [4.78, 5) is -0.261. The molecule has 0 aliphatic rings. The standard InChI is InChI=1S/C9H10F3NO2S/c1-2-16(14,15)8-4-3-6(5-7(8)13)9(10,11)12/h3-5H,2,13H2,1H3. The van der Waals surface area contributed by atoms with Crippen LogP contribution in [0.3, 0.4) is 0 Å². The van der Waals surface area contributed by atoms with Crippen LogP contribution in [0.2, 0.25) is 0 Å². The summed E-state index contributed by atoms with van der Waals surface area (Å²) in [6.07, 6.45) is -4.53. The molecule has 0 aliphatic carbocycles. The van der Waals surface area contributed by atoms with Crippen molar-refractivity contribution in [2.45, 2.75) is 18.0 Å². The van der Waals surface area contributed by atoms with Crippen molar-refractivity contribution in [2.24, 2.45) is 0 Å². The van der Waals surface area contributed by atoms with Crippen LogP contribution in [0.15, 0.2) is 23.1 Å². The van der Waals surface area contributed by atoms with E-state index in [1.165, 1.54) is 6.92 Å². The summed E-state index contributed by atoms with van der Waals surface area (Å²) in [5, 5.41) is 0. The lowest BCUT2D eigenvalue weighted by atomic mass is 10.2. The fraction of sp³-hybridized carbons (Fsp3) is 0.333. The Kier molecular flexibility index (Phi) is 3.18. The highest BCUT2D eigenvalue weighted by Gasteiger charge is 2.31. The maximum atomic E-state index is 12.3. The Morgan fingerprint density at radius 2 is 1.88 bits per heavy atom. The molecule has 0 atom stereocenters. The SMILES string of the molecule is CCS(=O)(=O)c1ccc(C(F)(F)F)cc1N. The first kappa shape index (κ1) is 12.8. The van der Waals surface area contributed by atoms with E-state index in [1.54, 1.807) is 0 Å². The highest BCUT2D eigenvalue weighted by Crippen LogP contribution is 2.32. The molecule has 1 rings (SSSR count). The smallest absolute Gasteiger partial charge is 0.398 e. The number of rotatable bonds is 2. The summed E-state index contributed by atoms with van der Waals surface area (Å²) in [7, 11) is -3.58. The van der Waals surface area contributed by atoms with Gasteiger partial charge in [-0.25, -0.2) is 8.42 Å². The van der Waals surface area contributed by atoms with Crippen molar-refractivity contribution in [3.8, 4) is 0 Å². The molecule has 0 unspecified atom stereocenters. The number of hydrogen-bond donors (Lipinski definition) is 1. The molecule has 0 radical (unpaired) electrons. The maximum Gasteiger partial charge on any atom is 0.416 e. The predicted molar refractivity (Wildman–Crippen MR) is 53.6 cm³/mol. The fourth-order valence-corrected chi connectivity index (χ4v) is 2.17. The van der Waals surface area contributed by atoms with Crippen LogP contribution in [0.4, 0.5) is 18.9 Å². The van der Waals surface area contributed by atoms with Crippen molar-refractivity contribution in [1.82, 2.24) is 0 Å². The molecule has 0 fully saturated rings. The van der Waals surface area contributed by atoms with Gasteiger partial charge in [-0.2, -0.15) is 13.2 Å². The minimum Gasteiger partial charge on any atom is -0.398 e. The molecule has 0 aromatic heterocycles. The number of halogens is 3. The quantitative estimate of drug-likeness (QED) is 0.821. The van der Waals surface area contributed by atoms with E-state index in [0.717, 1.165) is 6.07 Å². The van der Waals surface area contributed by atoms with Gasteiger partial charge in [-0.3, -0.25) is 0 Å². The molecule has 3 nitrogen and oxygen atoms in total. The van der Waals surface area contributed by atoms with Crippen LogP contribution in [0.1, 0.15) is 12.5 Å². The van der Waals surface area contributed by atoms with Crippen molar-refractivity contribution in [2.75, 3.05) is 11.5 Å². The van der Waals surface area contributed by atoms with Gasteiger partial charge < -0.3 is 5.73 Å². The average molecular weight is 253 g/mol. The second-order valence-electron chi connectivity index (χ2n) is 3.15. The number of nitrogens with two attached hydrogens (primary N) is 1. The molecule has 1 aromatic carbocycles. The van der Waals surface area contributed by atoms with Gasteiger partial charge >= 0.3 is 6.18 Å². The number of sulfone groups is 1. The minimum atomic E-state index is -4.53. The predicted octanol–water partition coefficient (Wildman–Crippen LogP) is 2.08. The molecule has 0 saturated heterocycles. The van der Waals surface area contributed by atoms with Crippen molar-refractivity contribution in [3.63, 3.8) is 0 Å². The molecule has 0 amide bonds. The number of hydrogen-bond acceptors (Lipinski definition) is 3. The van der Waals surface area contributed by atoms with E-state index in [4.69, 9.17) is 5.73 Å². The van der Waals surface area contributed by atoms with E-state index in [0.29, 0.717) is 12.1 Å². The number of anilines is 1. The summed E-state index contributed by atoms with van der Waals surface area (Å²) >= 11 is 0. The summed E-state index contributed by atoms with van der Waals surface area (Å²) in [6.45, 7) is 1.40. The largest absolute Gasteiger partial charge is 0.416 e. The Morgan fingerprint density at radius 1 is 1.31 bits per heavy atom. The fourth-order valence-electron chi connectivity index (χ4n) is 1.16. The van der Waals surface area contributed by atoms with Crippen LogP contribution in [0.5, 0.6) is 0 Å². The lowest BCUT2D eigenvalue weighted by molar-refractivity contribution is -0.137. The third-order valence-corrected chi connectivity index (χ3v) is 3.85. The highest BCUT2D eigenvalue weighted by molar-refractivity contribution is 7.91. The van der Waals surface area contributed by atoms with E-state index < -0.39 is 21.6 Å². The van der Waals surface area contributed by atoms with Gasteiger partial charge in [0.05, 0.1) is 21.9 Å². The second kappa shape index (κ2) is 3.97. The highest BCUT2D eigenvalue weighted by atomic mass is 32.2. The molecule has 7 heteroatoms. The van der Waals surface area contributed by atoms with Crippen molar-refractivity contribution >= 4 is 15.5 Å². The summed E-state index contributed by atoms with van der Waals surface area (Å²) in [5.41, 5.74) is 3.96. The van der Waals surface area contributed by atoms with Gasteiger partial charge in [0.25, 0.3) is 0 Å². The lowest BCUT2D eigenvalue weighted by Gasteiger charge is -2.10. The average Bonchev–Trinajstić information content (AvgIpc) is 2.16. The Labute approximate surface area is 91.0 Å². The van der Waals surface area contributed by atoms with Gasteiger partial charge in [0.2, 0.25) is 0 Å². The van der Waals surface area contributed by atoms with Crippen LogP contribution in [-0.2, 0) is 16.0 Å². The Hall–Kier alpha value is -1.24. The third-order valence-electron chi connectivity index (χ3n) is 2.05. The molecule has 0 aliphatic heterocycles. The molecule has 1 aromatic rings. The molecule has 2 N–H and O–H groups in total. The molecule has 0 bridgehead atoms. The van der Waals surface area contributed by atoms with E-state index in [9.17, 15) is 21.6 Å². The van der Waals surface area contributed by atoms with E-state index >= 15 is 0 Å². The summed E-state index contributed by atoms with van der Waals surface area (Å²) in [5.74, 6) is -0.206. The van der Waals surface area contributed by atoms with Gasteiger partial charge in [-0.15, -0.1) is 0 Å². The molecule has 90 valence electrons. The van der Waals surface area contributed by atoms with Gasteiger partial charge in [0.1, 0.15) is 0 Å². The Bertz CT molecular complexity index is 494. The zero-order valence-corrected chi connectivity index (χ0v) is 9.19. The van der Waals surface area contributed by atoms with Gasteiger partial charge in [0.15, 0.2) is 9.84 Å². The molecule has 16 heavy (non-hydrogen) atoms. The van der Waals surface area contributed by atoms with Crippen LogP contribution in [-0.4, -0.2) is 14.2 Å². The normalized spacial score (nSPS) is 12.8. The number of nitrogen functional groups attached to an aromatic ring is 1. The molecule has 0 saturated carbocycles. The monoisotopic (exact) mass is 253 g/mol. The molecule has 0 spiro atoms. The topological polar surface area (TPSA) is 60.2 Å². The van der Waals surface area contributed by atoms with Gasteiger partial charge in [-0.1, -0.05) is 6.92 Å². The van der Waals surface area contributed by atoms with Crippen LogP contribution in [0.25, 0.3) is 0 Å². The number of alkyl halides is 3. The van der Waals surface area contributed by atoms with Crippen LogP contribution in [0, 0.1) is 0 Å². The zero-order valence-electron chi connectivity index (χ0n) is 8.38. The first-order chi connectivity index (χ1) is 7.18. The van der Waals surface area contributed by atoms with Gasteiger partial charge in [-0.05, 0) is 18.2 Å². The zero-order chi connectivity index (χ0) is 12.6. The number of benzene rings is 1. The Balaban J connectivity index is 3.32. The minimum absolute atomic E-state index is 0.206. The van der Waals surface area contributed by atoms with E-state index in [2.05, 4.69) is 0 Å². The maximum absolute atomic E-state index is 12.3. The Morgan fingerprint density at radius 3 is 2.25 bits per heavy atom. The van der Waals surface area contributed by atoms with Crippen molar-refractivity contribution in [1.29, 1.82) is 0 Å². The van der Waals surface area contributed by atoms with E-state index in [1.807, 2.05) is 0 Å². The molecular formula is C9H10F3NO2S. The van der Waals surface area contributed by atoms with E-state index in [-0.39, 0.29) is 16.3 Å². The molecule has 0 heterocycles. The lowest BCUT2D eigenvalue weighted by Crippen LogP contribution is -2.10. The summed E-state index contributed by atoms with van der Waals surface area (Å²) < 4.78 is 59.7. The van der Waals surface area contributed by atoms with Gasteiger partial charge in [0, 0.05) is 0 Å². The van der Waals surface area contributed by atoms with Crippen LogP contribution >= 0.6 is 0 Å². The molecular weight excluding hydrogens is 243 g/mol. The second-order valence-corrected chi connectivity index (χ2v) is 5.40.